The normalized spacial score (nSPS) is 12.2. The van der Waals surface area contributed by atoms with Crippen LogP contribution in [0.1, 0.15) is 17.2 Å². The summed E-state index contributed by atoms with van der Waals surface area (Å²) in [5.74, 6) is 6.45. The van der Waals surface area contributed by atoms with Gasteiger partial charge in [0.25, 0.3) is 0 Å². The second-order valence-corrected chi connectivity index (χ2v) is 4.58. The Balaban J connectivity index is 2.16. The Hall–Kier alpha value is -1.62. The van der Waals surface area contributed by atoms with E-state index < -0.39 is 0 Å². The summed E-state index contributed by atoms with van der Waals surface area (Å²) >= 11 is 5.78. The SMILES string of the molecule is COc1cccc(CC(NN)c2ccc(Cl)nc2)c1. The molecule has 0 saturated carbocycles. The maximum absolute atomic E-state index is 5.78. The molecule has 100 valence electrons. The maximum Gasteiger partial charge on any atom is 0.129 e. The van der Waals surface area contributed by atoms with Crippen LogP contribution in [-0.2, 0) is 6.42 Å². The smallest absolute Gasteiger partial charge is 0.129 e. The number of hydrogen-bond acceptors (Lipinski definition) is 4. The average Bonchev–Trinajstić information content (AvgIpc) is 2.46. The maximum atomic E-state index is 5.78. The molecule has 0 radical (unpaired) electrons. The molecule has 0 aliphatic heterocycles. The number of hydrazine groups is 1. The highest BCUT2D eigenvalue weighted by Crippen LogP contribution is 2.21. The molecule has 0 spiro atoms. The van der Waals surface area contributed by atoms with E-state index in [1.165, 1.54) is 0 Å². The minimum Gasteiger partial charge on any atom is -0.497 e. The molecule has 0 aliphatic carbocycles. The van der Waals surface area contributed by atoms with Gasteiger partial charge in [0.15, 0.2) is 0 Å². The molecule has 0 fully saturated rings. The highest BCUT2D eigenvalue weighted by molar-refractivity contribution is 6.29. The standard InChI is InChI=1S/C14H16ClN3O/c1-19-12-4-2-3-10(7-12)8-13(18-16)11-5-6-14(15)17-9-11/h2-7,9,13,18H,8,16H2,1H3. The molecule has 2 rings (SSSR count). The summed E-state index contributed by atoms with van der Waals surface area (Å²) in [6.45, 7) is 0. The van der Waals surface area contributed by atoms with Crippen LogP contribution in [0.4, 0.5) is 0 Å². The quantitative estimate of drug-likeness (QED) is 0.501. The molecule has 19 heavy (non-hydrogen) atoms. The summed E-state index contributed by atoms with van der Waals surface area (Å²) in [4.78, 5) is 4.07. The molecule has 0 bridgehead atoms. The summed E-state index contributed by atoms with van der Waals surface area (Å²) in [5.41, 5.74) is 4.93. The van der Waals surface area contributed by atoms with Gasteiger partial charge in [-0.3, -0.25) is 11.3 Å². The van der Waals surface area contributed by atoms with Crippen LogP contribution in [0, 0.1) is 0 Å². The average molecular weight is 278 g/mol. The van der Waals surface area contributed by atoms with Gasteiger partial charge in [-0.05, 0) is 35.7 Å². The van der Waals surface area contributed by atoms with Crippen molar-refractivity contribution >= 4 is 11.6 Å². The molecular formula is C14H16ClN3O. The fraction of sp³-hybridized carbons (Fsp3) is 0.214. The molecule has 2 aromatic rings. The van der Waals surface area contributed by atoms with Crippen LogP contribution in [0.3, 0.4) is 0 Å². The Labute approximate surface area is 117 Å². The van der Waals surface area contributed by atoms with E-state index in [9.17, 15) is 0 Å². The molecule has 1 unspecified atom stereocenters. The number of nitrogens with zero attached hydrogens (tertiary/aromatic N) is 1. The summed E-state index contributed by atoms with van der Waals surface area (Å²) < 4.78 is 5.21. The third-order valence-electron chi connectivity index (χ3n) is 2.93. The second-order valence-electron chi connectivity index (χ2n) is 4.19. The number of halogens is 1. The minimum atomic E-state index is -0.0168. The lowest BCUT2D eigenvalue weighted by atomic mass is 10.0. The Bertz CT molecular complexity index is 530. The number of benzene rings is 1. The van der Waals surface area contributed by atoms with Gasteiger partial charge in [0.1, 0.15) is 10.9 Å². The van der Waals surface area contributed by atoms with Crippen molar-refractivity contribution in [2.24, 2.45) is 5.84 Å². The van der Waals surface area contributed by atoms with Crippen molar-refractivity contribution < 1.29 is 4.74 Å². The van der Waals surface area contributed by atoms with Gasteiger partial charge in [-0.1, -0.05) is 29.8 Å². The topological polar surface area (TPSA) is 60.2 Å². The first-order valence-electron chi connectivity index (χ1n) is 5.93. The first kappa shape index (κ1) is 13.8. The Morgan fingerprint density at radius 3 is 2.84 bits per heavy atom. The number of nitrogens with two attached hydrogens (primary N) is 1. The van der Waals surface area contributed by atoms with Crippen molar-refractivity contribution in [3.63, 3.8) is 0 Å². The number of aromatic nitrogens is 1. The molecular weight excluding hydrogens is 262 g/mol. The van der Waals surface area contributed by atoms with Gasteiger partial charge in [0, 0.05) is 6.20 Å². The van der Waals surface area contributed by atoms with Crippen LogP contribution in [0.2, 0.25) is 5.15 Å². The van der Waals surface area contributed by atoms with Crippen LogP contribution >= 0.6 is 11.6 Å². The van der Waals surface area contributed by atoms with Crippen molar-refractivity contribution in [3.05, 3.63) is 58.9 Å². The van der Waals surface area contributed by atoms with Crippen LogP contribution < -0.4 is 16.0 Å². The van der Waals surface area contributed by atoms with E-state index in [4.69, 9.17) is 22.2 Å². The molecule has 3 N–H and O–H groups in total. The Morgan fingerprint density at radius 2 is 2.21 bits per heavy atom. The summed E-state index contributed by atoms with van der Waals surface area (Å²) in [7, 11) is 1.65. The number of ether oxygens (including phenoxy) is 1. The van der Waals surface area contributed by atoms with Crippen molar-refractivity contribution in [2.45, 2.75) is 12.5 Å². The zero-order valence-electron chi connectivity index (χ0n) is 10.6. The molecule has 1 aromatic heterocycles. The van der Waals surface area contributed by atoms with Gasteiger partial charge in [-0.25, -0.2) is 4.98 Å². The molecule has 1 aromatic carbocycles. The number of rotatable bonds is 5. The van der Waals surface area contributed by atoms with E-state index in [1.807, 2.05) is 30.3 Å². The third kappa shape index (κ3) is 3.67. The lowest BCUT2D eigenvalue weighted by Gasteiger charge is -2.16. The zero-order chi connectivity index (χ0) is 13.7. The Kier molecular flexibility index (Phi) is 4.74. The molecule has 0 aliphatic rings. The summed E-state index contributed by atoms with van der Waals surface area (Å²) in [6, 6.07) is 11.6. The molecule has 4 nitrogen and oxygen atoms in total. The lowest BCUT2D eigenvalue weighted by Crippen LogP contribution is -2.29. The fourth-order valence-corrected chi connectivity index (χ4v) is 2.01. The zero-order valence-corrected chi connectivity index (χ0v) is 11.4. The van der Waals surface area contributed by atoms with E-state index in [0.29, 0.717) is 5.15 Å². The van der Waals surface area contributed by atoms with E-state index in [0.717, 1.165) is 23.3 Å². The molecule has 5 heteroatoms. The number of methoxy groups -OCH3 is 1. The van der Waals surface area contributed by atoms with Crippen molar-refractivity contribution in [1.82, 2.24) is 10.4 Å². The summed E-state index contributed by atoms with van der Waals surface area (Å²) in [6.07, 6.45) is 2.48. The first-order chi connectivity index (χ1) is 9.22. The van der Waals surface area contributed by atoms with Gasteiger partial charge in [-0.15, -0.1) is 0 Å². The number of nitrogens with one attached hydrogen (secondary N) is 1. The highest BCUT2D eigenvalue weighted by Gasteiger charge is 2.11. The van der Waals surface area contributed by atoms with E-state index in [-0.39, 0.29) is 6.04 Å². The highest BCUT2D eigenvalue weighted by atomic mass is 35.5. The van der Waals surface area contributed by atoms with Crippen LogP contribution in [0.5, 0.6) is 5.75 Å². The van der Waals surface area contributed by atoms with Gasteiger partial charge in [-0.2, -0.15) is 0 Å². The number of hydrogen-bond donors (Lipinski definition) is 2. The van der Waals surface area contributed by atoms with Crippen LogP contribution in [0.25, 0.3) is 0 Å². The van der Waals surface area contributed by atoms with Gasteiger partial charge < -0.3 is 4.74 Å². The van der Waals surface area contributed by atoms with Crippen molar-refractivity contribution in [2.75, 3.05) is 7.11 Å². The van der Waals surface area contributed by atoms with Gasteiger partial charge in [0.2, 0.25) is 0 Å². The van der Waals surface area contributed by atoms with Crippen LogP contribution in [0.15, 0.2) is 42.6 Å². The molecule has 1 atom stereocenters. The predicted octanol–water partition coefficient (Wildman–Crippen LogP) is 2.49. The third-order valence-corrected chi connectivity index (χ3v) is 3.15. The summed E-state index contributed by atoms with van der Waals surface area (Å²) in [5, 5.41) is 0.473. The first-order valence-corrected chi connectivity index (χ1v) is 6.31. The van der Waals surface area contributed by atoms with Gasteiger partial charge in [0.05, 0.1) is 13.2 Å². The lowest BCUT2D eigenvalue weighted by molar-refractivity contribution is 0.414. The minimum absolute atomic E-state index is 0.0168. The van der Waals surface area contributed by atoms with E-state index in [1.54, 1.807) is 19.4 Å². The van der Waals surface area contributed by atoms with Gasteiger partial charge >= 0.3 is 0 Å². The van der Waals surface area contributed by atoms with E-state index >= 15 is 0 Å². The van der Waals surface area contributed by atoms with Crippen molar-refractivity contribution in [1.29, 1.82) is 0 Å². The largest absolute Gasteiger partial charge is 0.497 e. The predicted molar refractivity (Wildman–Crippen MR) is 76.0 cm³/mol. The number of pyridine rings is 1. The molecule has 0 saturated heterocycles. The van der Waals surface area contributed by atoms with E-state index in [2.05, 4.69) is 10.4 Å². The van der Waals surface area contributed by atoms with Crippen LogP contribution in [-0.4, -0.2) is 12.1 Å². The van der Waals surface area contributed by atoms with Crippen molar-refractivity contribution in [3.8, 4) is 5.75 Å². The monoisotopic (exact) mass is 277 g/mol. The Morgan fingerprint density at radius 1 is 1.37 bits per heavy atom. The second kappa shape index (κ2) is 6.52. The molecule has 1 heterocycles. The molecule has 0 amide bonds. The fourth-order valence-electron chi connectivity index (χ4n) is 1.90.